The Balaban J connectivity index is 2.04. The maximum atomic E-state index is 11.9. The molecule has 0 radical (unpaired) electrons. The van der Waals surface area contributed by atoms with Crippen molar-refractivity contribution < 1.29 is 9.32 Å². The predicted molar refractivity (Wildman–Crippen MR) is 73.8 cm³/mol. The normalized spacial score (nSPS) is 11.2. The van der Waals surface area contributed by atoms with Crippen LogP contribution < -0.4 is 10.6 Å². The zero-order chi connectivity index (χ0) is 14.8. The van der Waals surface area contributed by atoms with E-state index in [2.05, 4.69) is 26.0 Å². The SMILES string of the molecule is Cc1cc(Nc2ccc(C(=O)NC(C)(C)C)nn2)no1. The first-order valence-corrected chi connectivity index (χ1v) is 6.20. The minimum Gasteiger partial charge on any atom is -0.360 e. The third kappa shape index (κ3) is 3.78. The monoisotopic (exact) mass is 275 g/mol. The molecule has 7 heteroatoms. The van der Waals surface area contributed by atoms with Gasteiger partial charge in [-0.15, -0.1) is 10.2 Å². The van der Waals surface area contributed by atoms with Crippen LogP contribution in [0.5, 0.6) is 0 Å². The Morgan fingerprint density at radius 2 is 1.95 bits per heavy atom. The van der Waals surface area contributed by atoms with Crippen LogP contribution in [0.3, 0.4) is 0 Å². The van der Waals surface area contributed by atoms with Gasteiger partial charge in [0.2, 0.25) is 0 Å². The van der Waals surface area contributed by atoms with Crippen LogP contribution in [0.1, 0.15) is 37.0 Å². The van der Waals surface area contributed by atoms with E-state index in [1.165, 1.54) is 0 Å². The van der Waals surface area contributed by atoms with E-state index in [4.69, 9.17) is 4.52 Å². The molecule has 1 amide bonds. The van der Waals surface area contributed by atoms with Gasteiger partial charge < -0.3 is 15.2 Å². The van der Waals surface area contributed by atoms with Gasteiger partial charge in [-0.1, -0.05) is 5.16 Å². The molecule has 0 aliphatic heterocycles. The fourth-order valence-corrected chi connectivity index (χ4v) is 1.48. The smallest absolute Gasteiger partial charge is 0.272 e. The van der Waals surface area contributed by atoms with Gasteiger partial charge in [0.05, 0.1) is 0 Å². The molecule has 0 spiro atoms. The van der Waals surface area contributed by atoms with Gasteiger partial charge in [-0.25, -0.2) is 0 Å². The number of nitrogens with one attached hydrogen (secondary N) is 2. The third-order valence-electron chi connectivity index (χ3n) is 2.27. The maximum Gasteiger partial charge on any atom is 0.272 e. The second kappa shape index (κ2) is 5.28. The van der Waals surface area contributed by atoms with Crippen LogP contribution in [0.2, 0.25) is 0 Å². The van der Waals surface area contributed by atoms with Gasteiger partial charge >= 0.3 is 0 Å². The summed E-state index contributed by atoms with van der Waals surface area (Å²) in [5, 5.41) is 17.3. The standard InChI is InChI=1S/C13H17N5O2/c1-8-7-11(18-20-8)14-10-6-5-9(16-17-10)12(19)15-13(2,3)4/h5-7H,1-4H3,(H,15,19)(H,14,17,18). The minimum absolute atomic E-state index is 0.256. The Morgan fingerprint density at radius 3 is 2.45 bits per heavy atom. The van der Waals surface area contributed by atoms with Crippen molar-refractivity contribution in [3.05, 3.63) is 29.7 Å². The number of aromatic nitrogens is 3. The quantitative estimate of drug-likeness (QED) is 0.890. The van der Waals surface area contributed by atoms with Crippen molar-refractivity contribution in [3.63, 3.8) is 0 Å². The molecule has 0 atom stereocenters. The predicted octanol–water partition coefficient (Wildman–Crippen LogP) is 2.04. The van der Waals surface area contributed by atoms with Crippen molar-refractivity contribution >= 4 is 17.5 Å². The van der Waals surface area contributed by atoms with E-state index in [0.717, 1.165) is 0 Å². The molecule has 0 saturated heterocycles. The summed E-state index contributed by atoms with van der Waals surface area (Å²) in [6, 6.07) is 5.00. The highest BCUT2D eigenvalue weighted by Crippen LogP contribution is 2.13. The molecular formula is C13H17N5O2. The number of rotatable bonds is 3. The van der Waals surface area contributed by atoms with E-state index in [1.807, 2.05) is 20.8 Å². The van der Waals surface area contributed by atoms with Crippen molar-refractivity contribution in [1.82, 2.24) is 20.7 Å². The van der Waals surface area contributed by atoms with Crippen LogP contribution in [0.4, 0.5) is 11.6 Å². The molecule has 2 heterocycles. The van der Waals surface area contributed by atoms with Gasteiger partial charge in [0, 0.05) is 11.6 Å². The lowest BCUT2D eigenvalue weighted by Crippen LogP contribution is -2.41. The lowest BCUT2D eigenvalue weighted by molar-refractivity contribution is 0.0913. The Labute approximate surface area is 116 Å². The molecule has 0 fully saturated rings. The highest BCUT2D eigenvalue weighted by atomic mass is 16.5. The Kier molecular flexibility index (Phi) is 3.69. The number of amides is 1. The second-order valence-corrected chi connectivity index (χ2v) is 5.46. The molecule has 0 unspecified atom stereocenters. The van der Waals surface area contributed by atoms with Crippen LogP contribution in [-0.4, -0.2) is 26.8 Å². The van der Waals surface area contributed by atoms with Crippen LogP contribution in [0, 0.1) is 6.92 Å². The van der Waals surface area contributed by atoms with Crippen LogP contribution in [-0.2, 0) is 0 Å². The second-order valence-electron chi connectivity index (χ2n) is 5.46. The molecular weight excluding hydrogens is 258 g/mol. The zero-order valence-corrected chi connectivity index (χ0v) is 11.9. The van der Waals surface area contributed by atoms with Crippen molar-refractivity contribution in [3.8, 4) is 0 Å². The summed E-state index contributed by atoms with van der Waals surface area (Å²) in [5.74, 6) is 1.48. The van der Waals surface area contributed by atoms with Crippen molar-refractivity contribution in [2.45, 2.75) is 33.2 Å². The first-order chi connectivity index (χ1) is 9.33. The van der Waals surface area contributed by atoms with Gasteiger partial charge in [0.1, 0.15) is 5.76 Å². The van der Waals surface area contributed by atoms with E-state index in [-0.39, 0.29) is 17.1 Å². The number of carbonyl (C=O) groups is 1. The lowest BCUT2D eigenvalue weighted by atomic mass is 10.1. The Hall–Kier alpha value is -2.44. The van der Waals surface area contributed by atoms with Gasteiger partial charge in [0.25, 0.3) is 5.91 Å². The number of hydrogen-bond acceptors (Lipinski definition) is 6. The number of carbonyl (C=O) groups excluding carboxylic acids is 1. The molecule has 2 aromatic heterocycles. The number of nitrogens with zero attached hydrogens (tertiary/aromatic N) is 3. The fourth-order valence-electron chi connectivity index (χ4n) is 1.48. The molecule has 7 nitrogen and oxygen atoms in total. The summed E-state index contributed by atoms with van der Waals surface area (Å²) < 4.78 is 4.93. The summed E-state index contributed by atoms with van der Waals surface area (Å²) in [5.41, 5.74) is -0.0460. The number of anilines is 2. The lowest BCUT2D eigenvalue weighted by Gasteiger charge is -2.19. The average Bonchev–Trinajstić information content (AvgIpc) is 2.73. The summed E-state index contributed by atoms with van der Waals surface area (Å²) in [6.07, 6.45) is 0. The average molecular weight is 275 g/mol. The van der Waals surface area contributed by atoms with Gasteiger partial charge in [-0.3, -0.25) is 4.79 Å². The van der Waals surface area contributed by atoms with Crippen molar-refractivity contribution in [2.24, 2.45) is 0 Å². The van der Waals surface area contributed by atoms with Crippen LogP contribution in [0.25, 0.3) is 0 Å². The number of aryl methyl sites for hydroxylation is 1. The van der Waals surface area contributed by atoms with E-state index >= 15 is 0 Å². The molecule has 2 N–H and O–H groups in total. The van der Waals surface area contributed by atoms with E-state index in [1.54, 1.807) is 25.1 Å². The molecule has 0 aromatic carbocycles. The maximum absolute atomic E-state index is 11.9. The molecule has 20 heavy (non-hydrogen) atoms. The van der Waals surface area contributed by atoms with E-state index in [0.29, 0.717) is 17.4 Å². The van der Waals surface area contributed by atoms with Crippen LogP contribution >= 0.6 is 0 Å². The summed E-state index contributed by atoms with van der Waals surface area (Å²) in [7, 11) is 0. The Morgan fingerprint density at radius 1 is 1.20 bits per heavy atom. The van der Waals surface area contributed by atoms with E-state index in [9.17, 15) is 4.79 Å². The molecule has 0 aliphatic rings. The van der Waals surface area contributed by atoms with E-state index < -0.39 is 0 Å². The molecule has 0 bridgehead atoms. The fraction of sp³-hybridized carbons (Fsp3) is 0.385. The molecule has 2 aromatic rings. The highest BCUT2D eigenvalue weighted by molar-refractivity contribution is 5.92. The highest BCUT2D eigenvalue weighted by Gasteiger charge is 2.16. The summed E-state index contributed by atoms with van der Waals surface area (Å²) in [4.78, 5) is 11.9. The number of hydrogen-bond donors (Lipinski definition) is 2. The van der Waals surface area contributed by atoms with Gasteiger partial charge in [-0.05, 0) is 39.8 Å². The molecule has 0 saturated carbocycles. The largest absolute Gasteiger partial charge is 0.360 e. The minimum atomic E-state index is -0.312. The van der Waals surface area contributed by atoms with Gasteiger partial charge in [0.15, 0.2) is 17.3 Å². The molecule has 0 aliphatic carbocycles. The summed E-state index contributed by atoms with van der Waals surface area (Å²) >= 11 is 0. The molecule has 106 valence electrons. The van der Waals surface area contributed by atoms with Crippen molar-refractivity contribution in [1.29, 1.82) is 0 Å². The summed E-state index contributed by atoms with van der Waals surface area (Å²) in [6.45, 7) is 7.51. The van der Waals surface area contributed by atoms with Crippen LogP contribution in [0.15, 0.2) is 22.7 Å². The Bertz CT molecular complexity index is 598. The van der Waals surface area contributed by atoms with Crippen molar-refractivity contribution in [2.75, 3.05) is 5.32 Å². The first-order valence-electron chi connectivity index (χ1n) is 6.20. The molecule has 2 rings (SSSR count). The zero-order valence-electron chi connectivity index (χ0n) is 11.9. The third-order valence-corrected chi connectivity index (χ3v) is 2.27. The topological polar surface area (TPSA) is 92.9 Å². The van der Waals surface area contributed by atoms with Gasteiger partial charge in [-0.2, -0.15) is 0 Å². The first kappa shape index (κ1) is 14.0.